The Kier molecular flexibility index (Phi) is 6.47. The van der Waals surface area contributed by atoms with Gasteiger partial charge in [-0.05, 0) is 50.0 Å². The van der Waals surface area contributed by atoms with Gasteiger partial charge >= 0.3 is 0 Å². The molecule has 1 aliphatic rings. The minimum atomic E-state index is -3.81. The fraction of sp³-hybridized carbons (Fsp3) is 0.625. The van der Waals surface area contributed by atoms with Crippen LogP contribution in [-0.2, 0) is 19.9 Å². The molecule has 0 saturated carbocycles. The Morgan fingerprint density at radius 3 is 2.36 bits per heavy atom. The van der Waals surface area contributed by atoms with Crippen LogP contribution in [0.2, 0.25) is 0 Å². The Morgan fingerprint density at radius 2 is 1.84 bits per heavy atom. The van der Waals surface area contributed by atoms with E-state index in [4.69, 9.17) is 4.74 Å². The molecule has 0 spiro atoms. The second kappa shape index (κ2) is 8.03. The Balaban J connectivity index is 2.28. The van der Waals surface area contributed by atoms with E-state index >= 15 is 0 Å². The molecule has 2 rings (SSSR count). The highest BCUT2D eigenvalue weighted by Gasteiger charge is 2.32. The molecule has 9 heteroatoms. The molecule has 1 aliphatic heterocycles. The van der Waals surface area contributed by atoms with Crippen LogP contribution in [0.1, 0.15) is 19.8 Å². The summed E-state index contributed by atoms with van der Waals surface area (Å²) in [5.41, 5.74) is 0. The van der Waals surface area contributed by atoms with Crippen LogP contribution in [0, 0.1) is 5.92 Å². The highest BCUT2D eigenvalue weighted by Crippen LogP contribution is 2.31. The standard InChI is InChI=1S/C16H26N2O5S2/c1-4-17-12-13-7-9-18(10-8-13)25(21,22)16-11-14(24(3,19)20)5-6-15(16)23-2/h5-6,11,13,17H,4,7-10,12H2,1-3H3. The van der Waals surface area contributed by atoms with E-state index in [1.165, 1.54) is 29.6 Å². The number of sulfonamides is 1. The van der Waals surface area contributed by atoms with Gasteiger partial charge < -0.3 is 10.1 Å². The summed E-state index contributed by atoms with van der Waals surface area (Å²) in [6.45, 7) is 4.67. The molecule has 142 valence electrons. The average Bonchev–Trinajstić information content (AvgIpc) is 2.59. The highest BCUT2D eigenvalue weighted by atomic mass is 32.2. The summed E-state index contributed by atoms with van der Waals surface area (Å²) in [5, 5.41) is 3.29. The maximum atomic E-state index is 13.0. The molecule has 1 saturated heterocycles. The van der Waals surface area contributed by atoms with Crippen LogP contribution >= 0.6 is 0 Å². The van der Waals surface area contributed by atoms with Gasteiger partial charge in [-0.25, -0.2) is 16.8 Å². The fourth-order valence-electron chi connectivity index (χ4n) is 2.93. The van der Waals surface area contributed by atoms with Crippen molar-refractivity contribution in [3.05, 3.63) is 18.2 Å². The lowest BCUT2D eigenvalue weighted by Crippen LogP contribution is -2.40. The predicted molar refractivity (Wildman–Crippen MR) is 96.1 cm³/mol. The first kappa shape index (κ1) is 20.2. The van der Waals surface area contributed by atoms with Crippen molar-refractivity contribution < 1.29 is 21.6 Å². The molecule has 1 aromatic carbocycles. The van der Waals surface area contributed by atoms with Gasteiger partial charge in [-0.2, -0.15) is 4.31 Å². The molecule has 7 nitrogen and oxygen atoms in total. The van der Waals surface area contributed by atoms with E-state index in [1.807, 2.05) is 6.92 Å². The van der Waals surface area contributed by atoms with E-state index in [0.29, 0.717) is 19.0 Å². The number of hydrogen-bond donors (Lipinski definition) is 1. The van der Waals surface area contributed by atoms with Crippen molar-refractivity contribution in [1.29, 1.82) is 0 Å². The van der Waals surface area contributed by atoms with Gasteiger partial charge in [0.15, 0.2) is 9.84 Å². The fourth-order valence-corrected chi connectivity index (χ4v) is 5.30. The monoisotopic (exact) mass is 390 g/mol. The first-order chi connectivity index (χ1) is 11.7. The normalized spacial score (nSPS) is 17.6. The summed E-state index contributed by atoms with van der Waals surface area (Å²) >= 11 is 0. The number of methoxy groups -OCH3 is 1. The smallest absolute Gasteiger partial charge is 0.246 e. The third kappa shape index (κ3) is 4.72. The molecule has 1 fully saturated rings. The van der Waals surface area contributed by atoms with E-state index in [1.54, 1.807) is 0 Å². The lowest BCUT2D eigenvalue weighted by atomic mass is 9.98. The zero-order valence-electron chi connectivity index (χ0n) is 14.9. The summed E-state index contributed by atoms with van der Waals surface area (Å²) < 4.78 is 56.1. The van der Waals surface area contributed by atoms with Gasteiger partial charge in [-0.3, -0.25) is 0 Å². The molecule has 0 unspecified atom stereocenters. The molecule has 1 N–H and O–H groups in total. The zero-order valence-corrected chi connectivity index (χ0v) is 16.5. The Labute approximate surface area is 150 Å². The number of nitrogens with one attached hydrogen (secondary N) is 1. The first-order valence-corrected chi connectivity index (χ1v) is 11.6. The maximum Gasteiger partial charge on any atom is 0.246 e. The molecule has 0 atom stereocenters. The Morgan fingerprint density at radius 1 is 1.20 bits per heavy atom. The number of hydrogen-bond acceptors (Lipinski definition) is 6. The van der Waals surface area contributed by atoms with Crippen molar-refractivity contribution >= 4 is 19.9 Å². The number of rotatable bonds is 7. The quantitative estimate of drug-likeness (QED) is 0.750. The van der Waals surface area contributed by atoms with Gasteiger partial charge in [0, 0.05) is 19.3 Å². The largest absolute Gasteiger partial charge is 0.495 e. The summed E-state index contributed by atoms with van der Waals surface area (Å²) in [4.78, 5) is -0.128. The SMILES string of the molecule is CCNCC1CCN(S(=O)(=O)c2cc(S(C)(=O)=O)ccc2OC)CC1. The van der Waals surface area contributed by atoms with E-state index in [0.717, 1.165) is 32.2 Å². The van der Waals surface area contributed by atoms with E-state index in [-0.39, 0.29) is 15.5 Å². The number of piperidine rings is 1. The van der Waals surface area contributed by atoms with Crippen LogP contribution in [-0.4, -0.2) is 60.7 Å². The Hall–Kier alpha value is -1.16. The minimum Gasteiger partial charge on any atom is -0.495 e. The Bertz CT molecular complexity index is 798. The van der Waals surface area contributed by atoms with Crippen LogP contribution < -0.4 is 10.1 Å². The van der Waals surface area contributed by atoms with E-state index < -0.39 is 19.9 Å². The van der Waals surface area contributed by atoms with Gasteiger partial charge in [-0.1, -0.05) is 6.92 Å². The third-order valence-electron chi connectivity index (χ3n) is 4.44. The van der Waals surface area contributed by atoms with Gasteiger partial charge in [0.1, 0.15) is 10.6 Å². The molecular weight excluding hydrogens is 364 g/mol. The van der Waals surface area contributed by atoms with Gasteiger partial charge in [0.2, 0.25) is 10.0 Å². The van der Waals surface area contributed by atoms with Crippen molar-refractivity contribution in [2.45, 2.75) is 29.6 Å². The highest BCUT2D eigenvalue weighted by molar-refractivity contribution is 7.91. The molecule has 0 amide bonds. The molecule has 0 radical (unpaired) electrons. The molecule has 0 bridgehead atoms. The van der Waals surface area contributed by atoms with Crippen molar-refractivity contribution in [2.24, 2.45) is 5.92 Å². The molecular formula is C16H26N2O5S2. The maximum absolute atomic E-state index is 13.0. The van der Waals surface area contributed by atoms with Crippen molar-refractivity contribution in [2.75, 3.05) is 39.5 Å². The van der Waals surface area contributed by atoms with Crippen molar-refractivity contribution in [3.63, 3.8) is 0 Å². The zero-order chi connectivity index (χ0) is 18.7. The number of nitrogens with zero attached hydrogens (tertiary/aromatic N) is 1. The molecule has 25 heavy (non-hydrogen) atoms. The first-order valence-electron chi connectivity index (χ1n) is 8.29. The molecule has 0 aliphatic carbocycles. The van der Waals surface area contributed by atoms with Crippen molar-refractivity contribution in [1.82, 2.24) is 9.62 Å². The lowest BCUT2D eigenvalue weighted by molar-refractivity contribution is 0.267. The van der Waals surface area contributed by atoms with Gasteiger partial charge in [0.05, 0.1) is 12.0 Å². The summed E-state index contributed by atoms with van der Waals surface area (Å²) in [6, 6.07) is 3.94. The average molecular weight is 391 g/mol. The molecule has 1 aromatic rings. The number of benzene rings is 1. The van der Waals surface area contributed by atoms with Gasteiger partial charge in [0.25, 0.3) is 0 Å². The van der Waals surface area contributed by atoms with Crippen LogP contribution in [0.3, 0.4) is 0 Å². The van der Waals surface area contributed by atoms with Crippen LogP contribution in [0.4, 0.5) is 0 Å². The predicted octanol–water partition coefficient (Wildman–Crippen LogP) is 1.11. The van der Waals surface area contributed by atoms with Crippen LogP contribution in [0.15, 0.2) is 28.0 Å². The van der Waals surface area contributed by atoms with Crippen LogP contribution in [0.25, 0.3) is 0 Å². The number of ether oxygens (including phenoxy) is 1. The van der Waals surface area contributed by atoms with Crippen LogP contribution in [0.5, 0.6) is 5.75 Å². The van der Waals surface area contributed by atoms with Gasteiger partial charge in [-0.15, -0.1) is 0 Å². The second-order valence-electron chi connectivity index (χ2n) is 6.24. The van der Waals surface area contributed by atoms with E-state index in [9.17, 15) is 16.8 Å². The summed E-state index contributed by atoms with van der Waals surface area (Å²) in [6.07, 6.45) is 2.61. The molecule has 1 heterocycles. The topological polar surface area (TPSA) is 92.8 Å². The summed E-state index contributed by atoms with van der Waals surface area (Å²) in [7, 11) is -5.94. The minimum absolute atomic E-state index is 0.0334. The van der Waals surface area contributed by atoms with E-state index in [2.05, 4.69) is 5.32 Å². The molecule has 0 aromatic heterocycles. The van der Waals surface area contributed by atoms with Crippen molar-refractivity contribution in [3.8, 4) is 5.75 Å². The second-order valence-corrected chi connectivity index (χ2v) is 10.2. The number of sulfone groups is 1. The summed E-state index contributed by atoms with van der Waals surface area (Å²) in [5.74, 6) is 0.609. The third-order valence-corrected chi connectivity index (χ3v) is 7.47. The lowest BCUT2D eigenvalue weighted by Gasteiger charge is -2.31.